The highest BCUT2D eigenvalue weighted by atomic mass is 16.3. The molecule has 0 heterocycles. The van der Waals surface area contributed by atoms with E-state index in [9.17, 15) is 5.11 Å². The normalized spacial score (nSPS) is 10.5. The van der Waals surface area contributed by atoms with Crippen molar-refractivity contribution in [2.45, 2.75) is 0 Å². The van der Waals surface area contributed by atoms with Crippen LogP contribution >= 0.6 is 0 Å². The van der Waals surface area contributed by atoms with E-state index in [1.807, 2.05) is 0 Å². The van der Waals surface area contributed by atoms with Crippen LogP contribution in [0.25, 0.3) is 10.8 Å². The molecule has 3 nitrogen and oxygen atoms in total. The first kappa shape index (κ1) is 7.73. The van der Waals surface area contributed by atoms with Gasteiger partial charge in [0, 0.05) is 22.1 Å². The molecule has 0 aromatic heterocycles. The zero-order valence-electron chi connectivity index (χ0n) is 6.99. The Kier molecular flexibility index (Phi) is 1.52. The van der Waals surface area contributed by atoms with Crippen molar-refractivity contribution in [2.75, 3.05) is 11.5 Å². The Labute approximate surface area is 75.6 Å². The summed E-state index contributed by atoms with van der Waals surface area (Å²) in [5.41, 5.74) is 12.6. The van der Waals surface area contributed by atoms with E-state index >= 15 is 0 Å². The van der Waals surface area contributed by atoms with Crippen LogP contribution in [-0.2, 0) is 0 Å². The number of hydrogen-bond donors (Lipinski definition) is 3. The molecule has 66 valence electrons. The summed E-state index contributed by atoms with van der Waals surface area (Å²) in [6.07, 6.45) is 0. The maximum absolute atomic E-state index is 9.51. The lowest BCUT2D eigenvalue weighted by atomic mass is 10.1. The van der Waals surface area contributed by atoms with Gasteiger partial charge >= 0.3 is 0 Å². The second-order valence-corrected chi connectivity index (χ2v) is 2.94. The fourth-order valence-electron chi connectivity index (χ4n) is 1.45. The molecule has 0 aliphatic carbocycles. The van der Waals surface area contributed by atoms with Crippen molar-refractivity contribution in [1.29, 1.82) is 0 Å². The molecular formula is C10H10N2O. The number of phenols is 1. The van der Waals surface area contributed by atoms with Gasteiger partial charge in [-0.3, -0.25) is 0 Å². The zero-order valence-corrected chi connectivity index (χ0v) is 6.99. The molecule has 0 saturated heterocycles. The lowest BCUT2D eigenvalue weighted by Gasteiger charge is -2.06. The molecule has 5 N–H and O–H groups in total. The van der Waals surface area contributed by atoms with Gasteiger partial charge in [-0.25, -0.2) is 0 Å². The molecule has 0 saturated carbocycles. The van der Waals surface area contributed by atoms with Gasteiger partial charge in [0.2, 0.25) is 0 Å². The molecule has 0 spiro atoms. The molecule has 2 rings (SSSR count). The van der Waals surface area contributed by atoms with Crippen molar-refractivity contribution in [2.24, 2.45) is 0 Å². The van der Waals surface area contributed by atoms with Crippen LogP contribution in [0.5, 0.6) is 5.75 Å². The van der Waals surface area contributed by atoms with Crippen molar-refractivity contribution in [3.63, 3.8) is 0 Å². The van der Waals surface area contributed by atoms with Crippen LogP contribution in [0.3, 0.4) is 0 Å². The van der Waals surface area contributed by atoms with E-state index in [0.29, 0.717) is 16.8 Å². The van der Waals surface area contributed by atoms with Crippen LogP contribution in [0.15, 0.2) is 30.3 Å². The van der Waals surface area contributed by atoms with E-state index in [1.165, 1.54) is 0 Å². The third-order valence-corrected chi connectivity index (χ3v) is 2.08. The lowest BCUT2D eigenvalue weighted by molar-refractivity contribution is 0.482. The van der Waals surface area contributed by atoms with Crippen molar-refractivity contribution in [3.8, 4) is 5.75 Å². The summed E-state index contributed by atoms with van der Waals surface area (Å²) in [4.78, 5) is 0. The number of anilines is 2. The maximum Gasteiger partial charge on any atom is 0.123 e. The highest BCUT2D eigenvalue weighted by Crippen LogP contribution is 2.32. The smallest absolute Gasteiger partial charge is 0.123 e. The second kappa shape index (κ2) is 2.55. The molecule has 0 fully saturated rings. The van der Waals surface area contributed by atoms with Gasteiger partial charge in [-0.1, -0.05) is 12.1 Å². The van der Waals surface area contributed by atoms with Crippen molar-refractivity contribution in [3.05, 3.63) is 30.3 Å². The Morgan fingerprint density at radius 3 is 2.31 bits per heavy atom. The predicted octanol–water partition coefficient (Wildman–Crippen LogP) is 1.71. The first-order chi connectivity index (χ1) is 6.20. The van der Waals surface area contributed by atoms with Crippen LogP contribution in [0, 0.1) is 0 Å². The van der Waals surface area contributed by atoms with E-state index in [0.717, 1.165) is 5.39 Å². The number of hydrogen-bond acceptors (Lipinski definition) is 3. The van der Waals surface area contributed by atoms with Crippen molar-refractivity contribution >= 4 is 22.1 Å². The molecule has 2 aromatic rings. The Balaban J connectivity index is 3.00. The van der Waals surface area contributed by atoms with Gasteiger partial charge < -0.3 is 16.6 Å². The fourth-order valence-corrected chi connectivity index (χ4v) is 1.45. The number of benzene rings is 2. The third kappa shape index (κ3) is 1.05. The summed E-state index contributed by atoms with van der Waals surface area (Å²) >= 11 is 0. The monoisotopic (exact) mass is 174 g/mol. The first-order valence-corrected chi connectivity index (χ1v) is 3.96. The topological polar surface area (TPSA) is 72.3 Å². The molecule has 0 bridgehead atoms. The molecule has 0 aliphatic heterocycles. The summed E-state index contributed by atoms with van der Waals surface area (Å²) in [6, 6.07) is 8.55. The molecular weight excluding hydrogens is 164 g/mol. The summed E-state index contributed by atoms with van der Waals surface area (Å²) in [6.45, 7) is 0. The minimum absolute atomic E-state index is 0.205. The van der Waals surface area contributed by atoms with Gasteiger partial charge in [0.05, 0.1) is 0 Å². The van der Waals surface area contributed by atoms with Crippen LogP contribution in [0.4, 0.5) is 11.4 Å². The van der Waals surface area contributed by atoms with Crippen LogP contribution < -0.4 is 11.5 Å². The van der Waals surface area contributed by atoms with E-state index in [1.54, 1.807) is 30.3 Å². The van der Waals surface area contributed by atoms with Gasteiger partial charge in [-0.15, -0.1) is 0 Å². The number of aromatic hydroxyl groups is 1. The highest BCUT2D eigenvalue weighted by Gasteiger charge is 2.04. The molecule has 0 aliphatic rings. The van der Waals surface area contributed by atoms with E-state index in [2.05, 4.69) is 0 Å². The number of fused-ring (bicyclic) bond motifs is 1. The average molecular weight is 174 g/mol. The molecule has 13 heavy (non-hydrogen) atoms. The Hall–Kier alpha value is -1.90. The van der Waals surface area contributed by atoms with Crippen LogP contribution in [-0.4, -0.2) is 5.11 Å². The SMILES string of the molecule is Nc1cccc2c(O)ccc(N)c12. The number of rotatable bonds is 0. The summed E-state index contributed by atoms with van der Waals surface area (Å²) in [5.74, 6) is 0.205. The third-order valence-electron chi connectivity index (χ3n) is 2.08. The van der Waals surface area contributed by atoms with Gasteiger partial charge in [-0.05, 0) is 18.2 Å². The molecule has 0 unspecified atom stereocenters. The van der Waals surface area contributed by atoms with Gasteiger partial charge in [0.1, 0.15) is 5.75 Å². The zero-order chi connectivity index (χ0) is 9.42. The standard InChI is InChI=1S/C10H10N2O/c11-7-3-1-2-6-9(13)5-4-8(12)10(6)7/h1-5,13H,11-12H2. The van der Waals surface area contributed by atoms with Crippen molar-refractivity contribution < 1.29 is 5.11 Å². The minimum Gasteiger partial charge on any atom is -0.507 e. The Morgan fingerprint density at radius 2 is 1.62 bits per heavy atom. The Bertz CT molecular complexity index is 457. The molecule has 3 heteroatoms. The molecule has 2 aromatic carbocycles. The highest BCUT2D eigenvalue weighted by molar-refractivity contribution is 6.04. The van der Waals surface area contributed by atoms with E-state index in [-0.39, 0.29) is 5.75 Å². The lowest BCUT2D eigenvalue weighted by Crippen LogP contribution is -1.92. The number of phenolic OH excluding ortho intramolecular Hbond substituents is 1. The number of nitrogen functional groups attached to an aromatic ring is 2. The van der Waals surface area contributed by atoms with Crippen LogP contribution in [0.1, 0.15) is 0 Å². The summed E-state index contributed by atoms with van der Waals surface area (Å²) in [5, 5.41) is 10.9. The fraction of sp³-hybridized carbons (Fsp3) is 0. The minimum atomic E-state index is 0.205. The largest absolute Gasteiger partial charge is 0.507 e. The second-order valence-electron chi connectivity index (χ2n) is 2.94. The van der Waals surface area contributed by atoms with E-state index < -0.39 is 0 Å². The van der Waals surface area contributed by atoms with Gasteiger partial charge in [0.15, 0.2) is 0 Å². The summed E-state index contributed by atoms with van der Waals surface area (Å²) in [7, 11) is 0. The predicted molar refractivity (Wildman–Crippen MR) is 54.4 cm³/mol. The van der Waals surface area contributed by atoms with Gasteiger partial charge in [-0.2, -0.15) is 0 Å². The molecule has 0 radical (unpaired) electrons. The summed E-state index contributed by atoms with van der Waals surface area (Å²) < 4.78 is 0. The van der Waals surface area contributed by atoms with Gasteiger partial charge in [0.25, 0.3) is 0 Å². The number of nitrogens with two attached hydrogens (primary N) is 2. The average Bonchev–Trinajstić information content (AvgIpc) is 2.12. The Morgan fingerprint density at radius 1 is 0.923 bits per heavy atom. The van der Waals surface area contributed by atoms with Crippen molar-refractivity contribution in [1.82, 2.24) is 0 Å². The first-order valence-electron chi connectivity index (χ1n) is 3.96. The molecule has 0 amide bonds. The maximum atomic E-state index is 9.51. The van der Waals surface area contributed by atoms with Crippen LogP contribution in [0.2, 0.25) is 0 Å². The quantitative estimate of drug-likeness (QED) is 0.420. The van der Waals surface area contributed by atoms with E-state index in [4.69, 9.17) is 11.5 Å². The molecule has 0 atom stereocenters.